The first kappa shape index (κ1) is 10.8. The quantitative estimate of drug-likeness (QED) is 0.797. The molecule has 0 bridgehead atoms. The zero-order valence-corrected chi connectivity index (χ0v) is 10.4. The monoisotopic (exact) mass is 230 g/mol. The number of carbonyl (C=O) groups is 1. The zero-order valence-electron chi connectivity index (χ0n) is 10.4. The largest absolute Gasteiger partial charge is 0.325 e. The highest BCUT2D eigenvalue weighted by Gasteiger charge is 2.50. The van der Waals surface area contributed by atoms with Crippen molar-refractivity contribution in [3.05, 3.63) is 29.3 Å². The molecule has 3 rings (SSSR count). The number of anilines is 1. The Bertz CT molecular complexity index is 483. The molecule has 1 amide bonds. The highest BCUT2D eigenvalue weighted by molar-refractivity contribution is 6.06. The molecule has 0 saturated carbocycles. The third-order valence-corrected chi connectivity index (χ3v) is 4.15. The lowest BCUT2D eigenvalue weighted by Crippen LogP contribution is -2.36. The summed E-state index contributed by atoms with van der Waals surface area (Å²) < 4.78 is 0. The highest BCUT2D eigenvalue weighted by atomic mass is 16.2. The summed E-state index contributed by atoms with van der Waals surface area (Å²) in [6.07, 6.45) is 1.96. The van der Waals surface area contributed by atoms with Gasteiger partial charge in [-0.1, -0.05) is 19.1 Å². The van der Waals surface area contributed by atoms with Crippen molar-refractivity contribution in [2.24, 2.45) is 0 Å². The summed E-state index contributed by atoms with van der Waals surface area (Å²) in [6, 6.07) is 6.38. The summed E-state index contributed by atoms with van der Waals surface area (Å²) in [6.45, 7) is 4.00. The van der Waals surface area contributed by atoms with Gasteiger partial charge in [-0.15, -0.1) is 0 Å². The molecule has 1 spiro atoms. The van der Waals surface area contributed by atoms with Crippen molar-refractivity contribution in [3.8, 4) is 0 Å². The molecule has 0 aliphatic carbocycles. The predicted molar refractivity (Wildman–Crippen MR) is 68.2 cm³/mol. The summed E-state index contributed by atoms with van der Waals surface area (Å²) in [5.74, 6) is 0.185. The number of carbonyl (C=O) groups excluding carboxylic acids is 1. The average molecular weight is 230 g/mol. The Morgan fingerprint density at radius 2 is 2.29 bits per heavy atom. The van der Waals surface area contributed by atoms with Crippen LogP contribution in [0.1, 0.15) is 24.5 Å². The van der Waals surface area contributed by atoms with Crippen LogP contribution in [-0.4, -0.2) is 30.9 Å². The minimum atomic E-state index is -0.282. The first-order valence-electron chi connectivity index (χ1n) is 6.29. The summed E-state index contributed by atoms with van der Waals surface area (Å²) in [5, 5.41) is 3.04. The number of fused-ring (bicyclic) bond motifs is 2. The van der Waals surface area contributed by atoms with E-state index in [1.807, 2.05) is 0 Å². The molecule has 17 heavy (non-hydrogen) atoms. The lowest BCUT2D eigenvalue weighted by molar-refractivity contribution is -0.120. The standard InChI is InChI=1S/C14H18N2O/c1-3-10-4-5-12-11(8-10)14(13(17)15-12)6-7-16(2)9-14/h4-5,8H,3,6-7,9H2,1-2H3,(H,15,17). The minimum absolute atomic E-state index is 0.185. The van der Waals surface area contributed by atoms with Crippen LogP contribution in [-0.2, 0) is 16.6 Å². The van der Waals surface area contributed by atoms with Crippen LogP contribution < -0.4 is 5.32 Å². The predicted octanol–water partition coefficient (Wildman–Crippen LogP) is 1.77. The molecule has 0 radical (unpaired) electrons. The van der Waals surface area contributed by atoms with Crippen molar-refractivity contribution in [1.82, 2.24) is 4.90 Å². The van der Waals surface area contributed by atoms with Gasteiger partial charge in [0.2, 0.25) is 5.91 Å². The molecule has 1 unspecified atom stereocenters. The summed E-state index contributed by atoms with van der Waals surface area (Å²) >= 11 is 0. The number of hydrogen-bond acceptors (Lipinski definition) is 2. The molecule has 1 aromatic carbocycles. The van der Waals surface area contributed by atoms with E-state index in [9.17, 15) is 4.79 Å². The van der Waals surface area contributed by atoms with E-state index in [-0.39, 0.29) is 11.3 Å². The van der Waals surface area contributed by atoms with Gasteiger partial charge in [-0.05, 0) is 43.6 Å². The molecule has 3 nitrogen and oxygen atoms in total. The zero-order chi connectivity index (χ0) is 12.0. The molecule has 2 heterocycles. The second kappa shape index (κ2) is 3.57. The lowest BCUT2D eigenvalue weighted by atomic mass is 9.80. The molecule has 1 saturated heterocycles. The van der Waals surface area contributed by atoms with E-state index in [0.29, 0.717) is 0 Å². The fourth-order valence-electron chi connectivity index (χ4n) is 3.09. The number of hydrogen-bond donors (Lipinski definition) is 1. The second-order valence-corrected chi connectivity index (χ2v) is 5.26. The van der Waals surface area contributed by atoms with Crippen LogP contribution in [0, 0.1) is 0 Å². The van der Waals surface area contributed by atoms with Crippen LogP contribution >= 0.6 is 0 Å². The normalized spacial score (nSPS) is 27.5. The number of rotatable bonds is 1. The fraction of sp³-hybridized carbons (Fsp3) is 0.500. The maximum Gasteiger partial charge on any atom is 0.236 e. The third kappa shape index (κ3) is 1.42. The van der Waals surface area contributed by atoms with Crippen LogP contribution in [0.25, 0.3) is 0 Å². The maximum absolute atomic E-state index is 12.3. The van der Waals surface area contributed by atoms with E-state index in [1.165, 1.54) is 11.1 Å². The fourth-order valence-corrected chi connectivity index (χ4v) is 3.09. The van der Waals surface area contributed by atoms with Crippen LogP contribution in [0.2, 0.25) is 0 Å². The van der Waals surface area contributed by atoms with Crippen LogP contribution in [0.4, 0.5) is 5.69 Å². The lowest BCUT2D eigenvalue weighted by Gasteiger charge is -2.21. The van der Waals surface area contributed by atoms with Gasteiger partial charge in [-0.25, -0.2) is 0 Å². The van der Waals surface area contributed by atoms with Crippen LogP contribution in [0.3, 0.4) is 0 Å². The smallest absolute Gasteiger partial charge is 0.236 e. The first-order valence-corrected chi connectivity index (χ1v) is 6.29. The topological polar surface area (TPSA) is 32.3 Å². The average Bonchev–Trinajstić information content (AvgIpc) is 2.83. The second-order valence-electron chi connectivity index (χ2n) is 5.26. The molecule has 2 aliphatic heterocycles. The van der Waals surface area contributed by atoms with E-state index >= 15 is 0 Å². The minimum Gasteiger partial charge on any atom is -0.325 e. The van der Waals surface area contributed by atoms with Crippen molar-refractivity contribution in [1.29, 1.82) is 0 Å². The Labute approximate surface area is 102 Å². The molecule has 0 aromatic heterocycles. The molecular weight excluding hydrogens is 212 g/mol. The Balaban J connectivity index is 2.11. The Morgan fingerprint density at radius 1 is 1.47 bits per heavy atom. The van der Waals surface area contributed by atoms with E-state index < -0.39 is 0 Å². The Kier molecular flexibility index (Phi) is 2.26. The van der Waals surface area contributed by atoms with Crippen LogP contribution in [0.15, 0.2) is 18.2 Å². The summed E-state index contributed by atoms with van der Waals surface area (Å²) in [4.78, 5) is 14.5. The summed E-state index contributed by atoms with van der Waals surface area (Å²) in [7, 11) is 2.09. The molecule has 1 aromatic rings. The number of nitrogens with zero attached hydrogens (tertiary/aromatic N) is 1. The van der Waals surface area contributed by atoms with Gasteiger partial charge in [0, 0.05) is 12.2 Å². The van der Waals surface area contributed by atoms with Gasteiger partial charge in [-0.3, -0.25) is 4.79 Å². The molecular formula is C14H18N2O. The van der Waals surface area contributed by atoms with Gasteiger partial charge in [0.25, 0.3) is 0 Å². The molecule has 2 aliphatic rings. The van der Waals surface area contributed by atoms with Crippen molar-refractivity contribution in [2.75, 3.05) is 25.5 Å². The van der Waals surface area contributed by atoms with Crippen LogP contribution in [0.5, 0.6) is 0 Å². The van der Waals surface area contributed by atoms with Crippen molar-refractivity contribution < 1.29 is 4.79 Å². The molecule has 1 N–H and O–H groups in total. The van der Waals surface area contributed by atoms with Gasteiger partial charge in [0.15, 0.2) is 0 Å². The van der Waals surface area contributed by atoms with Gasteiger partial charge in [0.1, 0.15) is 0 Å². The van der Waals surface area contributed by atoms with Gasteiger partial charge in [-0.2, -0.15) is 0 Å². The van der Waals surface area contributed by atoms with Gasteiger partial charge in [0.05, 0.1) is 5.41 Å². The molecule has 3 heteroatoms. The van der Waals surface area contributed by atoms with Gasteiger partial charge < -0.3 is 10.2 Å². The third-order valence-electron chi connectivity index (χ3n) is 4.15. The van der Waals surface area contributed by atoms with E-state index in [1.54, 1.807) is 0 Å². The molecule has 1 atom stereocenters. The number of benzene rings is 1. The number of likely N-dealkylation sites (N-methyl/N-ethyl adjacent to an activating group) is 1. The SMILES string of the molecule is CCc1ccc2c(c1)C1(CCN(C)C1)C(=O)N2. The van der Waals surface area contributed by atoms with E-state index in [4.69, 9.17) is 0 Å². The Hall–Kier alpha value is -1.35. The van der Waals surface area contributed by atoms with Crippen molar-refractivity contribution in [3.63, 3.8) is 0 Å². The highest BCUT2D eigenvalue weighted by Crippen LogP contribution is 2.44. The number of aryl methyl sites for hydroxylation is 1. The first-order chi connectivity index (χ1) is 8.15. The summed E-state index contributed by atoms with van der Waals surface area (Å²) in [5.41, 5.74) is 3.26. The molecule has 1 fully saturated rings. The number of nitrogens with one attached hydrogen (secondary N) is 1. The van der Waals surface area contributed by atoms with Gasteiger partial charge >= 0.3 is 0 Å². The Morgan fingerprint density at radius 3 is 2.94 bits per heavy atom. The number of likely N-dealkylation sites (tertiary alicyclic amines) is 1. The van der Waals surface area contributed by atoms with Crippen molar-refractivity contribution >= 4 is 11.6 Å². The number of amides is 1. The molecule has 90 valence electrons. The maximum atomic E-state index is 12.3. The van der Waals surface area contributed by atoms with E-state index in [0.717, 1.165) is 31.6 Å². The van der Waals surface area contributed by atoms with E-state index in [2.05, 4.69) is 42.4 Å². The van der Waals surface area contributed by atoms with Crippen molar-refractivity contribution in [2.45, 2.75) is 25.2 Å².